The number of nitrogens with two attached hydrogens (primary N) is 1. The molecular weight excluding hydrogens is 267 g/mol. The first-order valence-electron chi connectivity index (χ1n) is 6.95. The molecule has 2 aromatic carbocycles. The maximum Gasteiger partial charge on any atom is 0.249 e. The van der Waals surface area contributed by atoms with Gasteiger partial charge in [0.1, 0.15) is 5.82 Å². The Kier molecular flexibility index (Phi) is 4.58. The molecule has 0 aromatic heterocycles. The summed E-state index contributed by atoms with van der Waals surface area (Å²) in [6.07, 6.45) is 0.723. The summed E-state index contributed by atoms with van der Waals surface area (Å²) in [7, 11) is 0. The second kappa shape index (κ2) is 6.39. The molecule has 1 unspecified atom stereocenters. The maximum absolute atomic E-state index is 13.9. The third-order valence-corrected chi connectivity index (χ3v) is 3.62. The quantitative estimate of drug-likeness (QED) is 0.878. The van der Waals surface area contributed by atoms with Gasteiger partial charge in [0.15, 0.2) is 0 Å². The minimum atomic E-state index is -0.463. The van der Waals surface area contributed by atoms with Gasteiger partial charge in [0.25, 0.3) is 0 Å². The second-order valence-corrected chi connectivity index (χ2v) is 4.97. The monoisotopic (exact) mass is 286 g/mol. The Morgan fingerprint density at radius 1 is 1.24 bits per heavy atom. The molecule has 0 saturated carbocycles. The van der Waals surface area contributed by atoms with E-state index in [-0.39, 0.29) is 11.9 Å². The van der Waals surface area contributed by atoms with Crippen LogP contribution in [0.3, 0.4) is 0 Å². The highest BCUT2D eigenvalue weighted by molar-refractivity contribution is 5.95. The summed E-state index contributed by atoms with van der Waals surface area (Å²) in [4.78, 5) is 11.4. The van der Waals surface area contributed by atoms with Crippen molar-refractivity contribution in [2.75, 3.05) is 5.32 Å². The van der Waals surface area contributed by atoms with Crippen molar-refractivity contribution in [2.24, 2.45) is 5.73 Å². The Bertz CT molecular complexity index is 655. The minimum Gasteiger partial charge on any atom is -0.378 e. The molecule has 3 nitrogen and oxygen atoms in total. The van der Waals surface area contributed by atoms with Crippen molar-refractivity contribution >= 4 is 11.6 Å². The van der Waals surface area contributed by atoms with Crippen molar-refractivity contribution in [1.82, 2.24) is 0 Å². The average Bonchev–Trinajstić information content (AvgIpc) is 2.47. The molecule has 0 fully saturated rings. The summed E-state index contributed by atoms with van der Waals surface area (Å²) in [6, 6.07) is 11.9. The number of hydrogen-bond acceptors (Lipinski definition) is 2. The highest BCUT2D eigenvalue weighted by atomic mass is 19.1. The van der Waals surface area contributed by atoms with Crippen LogP contribution >= 0.6 is 0 Å². The van der Waals surface area contributed by atoms with E-state index in [0.29, 0.717) is 11.1 Å². The van der Waals surface area contributed by atoms with Gasteiger partial charge in [-0.25, -0.2) is 4.39 Å². The Labute approximate surface area is 124 Å². The minimum absolute atomic E-state index is 0.159. The molecule has 1 atom stereocenters. The van der Waals surface area contributed by atoms with Crippen molar-refractivity contribution in [3.05, 3.63) is 65.0 Å². The number of anilines is 1. The lowest BCUT2D eigenvalue weighted by Gasteiger charge is -2.21. The van der Waals surface area contributed by atoms with Crippen molar-refractivity contribution < 1.29 is 9.18 Å². The van der Waals surface area contributed by atoms with Crippen LogP contribution in [0.15, 0.2) is 42.5 Å². The number of nitrogens with one attached hydrogen (secondary N) is 1. The van der Waals surface area contributed by atoms with E-state index in [1.54, 1.807) is 24.3 Å². The first-order valence-corrected chi connectivity index (χ1v) is 6.95. The Morgan fingerprint density at radius 2 is 1.95 bits per heavy atom. The Balaban J connectivity index is 2.34. The molecule has 0 heterocycles. The molecule has 0 saturated heterocycles. The van der Waals surface area contributed by atoms with Gasteiger partial charge in [0.2, 0.25) is 5.91 Å². The SMILES string of the molecule is CCC(Nc1cccc(C(N)=O)c1C)c1ccccc1F. The first-order chi connectivity index (χ1) is 10.0. The Morgan fingerprint density at radius 3 is 2.57 bits per heavy atom. The van der Waals surface area contributed by atoms with Crippen LogP contribution in [0.5, 0.6) is 0 Å². The van der Waals surface area contributed by atoms with Gasteiger partial charge in [-0.2, -0.15) is 0 Å². The average molecular weight is 286 g/mol. The van der Waals surface area contributed by atoms with Gasteiger partial charge < -0.3 is 11.1 Å². The van der Waals surface area contributed by atoms with Crippen molar-refractivity contribution in [1.29, 1.82) is 0 Å². The van der Waals surface area contributed by atoms with Crippen molar-refractivity contribution in [3.8, 4) is 0 Å². The lowest BCUT2D eigenvalue weighted by Crippen LogP contribution is -2.16. The summed E-state index contributed by atoms with van der Waals surface area (Å²) in [5.74, 6) is -0.698. The number of hydrogen-bond donors (Lipinski definition) is 2. The zero-order valence-electron chi connectivity index (χ0n) is 12.2. The van der Waals surface area contributed by atoms with Gasteiger partial charge in [0, 0.05) is 16.8 Å². The fourth-order valence-corrected chi connectivity index (χ4v) is 2.40. The molecule has 4 heteroatoms. The lowest BCUT2D eigenvalue weighted by molar-refractivity contribution is 0.1000. The fraction of sp³-hybridized carbons (Fsp3) is 0.235. The van der Waals surface area contributed by atoms with Crippen LogP contribution in [0.1, 0.15) is 40.9 Å². The zero-order valence-corrected chi connectivity index (χ0v) is 12.2. The lowest BCUT2D eigenvalue weighted by atomic mass is 10.0. The molecule has 0 aliphatic rings. The molecular formula is C17H19FN2O. The van der Waals surface area contributed by atoms with E-state index in [4.69, 9.17) is 5.73 Å². The van der Waals surface area contributed by atoms with Crippen molar-refractivity contribution in [2.45, 2.75) is 26.3 Å². The van der Waals surface area contributed by atoms with Gasteiger partial charge in [-0.3, -0.25) is 4.79 Å². The smallest absolute Gasteiger partial charge is 0.249 e. The molecule has 2 rings (SSSR count). The number of carbonyl (C=O) groups excluding carboxylic acids is 1. The van der Waals surface area contributed by atoms with Crippen LogP contribution in [0.2, 0.25) is 0 Å². The fourth-order valence-electron chi connectivity index (χ4n) is 2.40. The third-order valence-electron chi connectivity index (χ3n) is 3.62. The van der Waals surface area contributed by atoms with E-state index in [0.717, 1.165) is 17.7 Å². The van der Waals surface area contributed by atoms with E-state index >= 15 is 0 Å². The molecule has 110 valence electrons. The summed E-state index contributed by atoms with van der Waals surface area (Å²) in [5, 5.41) is 3.30. The topological polar surface area (TPSA) is 55.1 Å². The van der Waals surface area contributed by atoms with Gasteiger partial charge in [-0.05, 0) is 37.1 Å². The summed E-state index contributed by atoms with van der Waals surface area (Å²) in [5.41, 5.74) is 8.02. The number of amides is 1. The van der Waals surface area contributed by atoms with Crippen LogP contribution < -0.4 is 11.1 Å². The summed E-state index contributed by atoms with van der Waals surface area (Å²) in [6.45, 7) is 3.81. The standard InChI is InChI=1S/C17H19FN2O/c1-3-15(13-7-4-5-9-14(13)18)20-16-10-6-8-12(11(16)2)17(19)21/h4-10,15,20H,3H2,1-2H3,(H2,19,21). The molecule has 0 aliphatic carbocycles. The molecule has 0 bridgehead atoms. The van der Waals surface area contributed by atoms with Gasteiger partial charge in [0.05, 0.1) is 6.04 Å². The molecule has 1 amide bonds. The number of primary amides is 1. The second-order valence-electron chi connectivity index (χ2n) is 4.97. The van der Waals surface area contributed by atoms with Gasteiger partial charge in [-0.15, -0.1) is 0 Å². The van der Waals surface area contributed by atoms with Gasteiger partial charge in [-0.1, -0.05) is 31.2 Å². The van der Waals surface area contributed by atoms with E-state index in [9.17, 15) is 9.18 Å². The van der Waals surface area contributed by atoms with Crippen LogP contribution in [0, 0.1) is 12.7 Å². The molecule has 0 aliphatic heterocycles. The normalized spacial score (nSPS) is 12.0. The summed E-state index contributed by atoms with van der Waals surface area (Å²) < 4.78 is 13.9. The van der Waals surface area contributed by atoms with E-state index in [1.165, 1.54) is 6.07 Å². The molecule has 0 spiro atoms. The van der Waals surface area contributed by atoms with E-state index < -0.39 is 5.91 Å². The Hall–Kier alpha value is -2.36. The third kappa shape index (κ3) is 3.21. The van der Waals surface area contributed by atoms with E-state index in [2.05, 4.69) is 5.32 Å². The maximum atomic E-state index is 13.9. The first kappa shape index (κ1) is 15.0. The highest BCUT2D eigenvalue weighted by Gasteiger charge is 2.15. The highest BCUT2D eigenvalue weighted by Crippen LogP contribution is 2.27. The number of rotatable bonds is 5. The van der Waals surface area contributed by atoms with E-state index in [1.807, 2.05) is 26.0 Å². The largest absolute Gasteiger partial charge is 0.378 e. The number of halogens is 1. The predicted octanol–water partition coefficient (Wildman–Crippen LogP) is 3.80. The van der Waals surface area contributed by atoms with Crippen LogP contribution in [0.25, 0.3) is 0 Å². The number of carbonyl (C=O) groups is 1. The van der Waals surface area contributed by atoms with Crippen LogP contribution in [-0.4, -0.2) is 5.91 Å². The molecule has 21 heavy (non-hydrogen) atoms. The number of benzene rings is 2. The predicted molar refractivity (Wildman–Crippen MR) is 82.8 cm³/mol. The molecule has 3 N–H and O–H groups in total. The van der Waals surface area contributed by atoms with Gasteiger partial charge >= 0.3 is 0 Å². The molecule has 0 radical (unpaired) electrons. The summed E-state index contributed by atoms with van der Waals surface area (Å²) >= 11 is 0. The van der Waals surface area contributed by atoms with Crippen molar-refractivity contribution in [3.63, 3.8) is 0 Å². The van der Waals surface area contributed by atoms with Crippen LogP contribution in [-0.2, 0) is 0 Å². The molecule has 2 aromatic rings. The zero-order chi connectivity index (χ0) is 15.4. The van der Waals surface area contributed by atoms with Crippen LogP contribution in [0.4, 0.5) is 10.1 Å².